The number of hydrogen-bond acceptors (Lipinski definition) is 8. The molecule has 10 heteroatoms. The van der Waals surface area contributed by atoms with Gasteiger partial charge in [0.1, 0.15) is 0 Å². The van der Waals surface area contributed by atoms with E-state index in [0.717, 1.165) is 0 Å². The summed E-state index contributed by atoms with van der Waals surface area (Å²) in [5, 5.41) is 8.60. The first kappa shape index (κ1) is 18.0. The van der Waals surface area contributed by atoms with Crippen molar-refractivity contribution in [2.24, 2.45) is 0 Å². The van der Waals surface area contributed by atoms with Gasteiger partial charge >= 0.3 is 5.97 Å². The summed E-state index contributed by atoms with van der Waals surface area (Å²) < 4.78 is 20.4. The molecule has 1 aromatic heterocycles. The number of aromatic nitrogens is 3. The van der Waals surface area contributed by atoms with E-state index < -0.39 is 11.9 Å². The summed E-state index contributed by atoms with van der Waals surface area (Å²) >= 11 is 0. The van der Waals surface area contributed by atoms with Crippen molar-refractivity contribution < 1.29 is 28.5 Å². The van der Waals surface area contributed by atoms with Crippen LogP contribution in [0.3, 0.4) is 0 Å². The molecule has 0 bridgehead atoms. The highest BCUT2D eigenvalue weighted by atomic mass is 16.5. The van der Waals surface area contributed by atoms with Crippen molar-refractivity contribution in [3.05, 3.63) is 23.5 Å². The van der Waals surface area contributed by atoms with E-state index in [0.29, 0.717) is 17.2 Å². The minimum absolute atomic E-state index is 0.0678. The van der Waals surface area contributed by atoms with Crippen LogP contribution in [0.15, 0.2) is 12.1 Å². The average Bonchev–Trinajstić information content (AvgIpc) is 3.09. The predicted octanol–water partition coefficient (Wildman–Crippen LogP) is 1.26. The highest BCUT2D eigenvalue weighted by Crippen LogP contribution is 2.38. The minimum atomic E-state index is -0.664. The quantitative estimate of drug-likeness (QED) is 0.715. The molecule has 0 saturated heterocycles. The van der Waals surface area contributed by atoms with Gasteiger partial charge in [-0.2, -0.15) is 4.98 Å². The summed E-state index contributed by atoms with van der Waals surface area (Å²) in [5.41, 5.74) is 0.233. The molecule has 25 heavy (non-hydrogen) atoms. The number of methoxy groups -OCH3 is 3. The lowest BCUT2D eigenvalue weighted by Gasteiger charge is -2.13. The number of esters is 1. The van der Waals surface area contributed by atoms with Crippen LogP contribution in [0.4, 0.5) is 5.95 Å². The van der Waals surface area contributed by atoms with Gasteiger partial charge in [0.15, 0.2) is 11.5 Å². The minimum Gasteiger partial charge on any atom is -0.493 e. The van der Waals surface area contributed by atoms with Crippen molar-refractivity contribution in [2.45, 2.75) is 6.92 Å². The summed E-state index contributed by atoms with van der Waals surface area (Å²) in [7, 11) is 4.35. The Morgan fingerprint density at radius 2 is 1.76 bits per heavy atom. The van der Waals surface area contributed by atoms with E-state index in [4.69, 9.17) is 18.9 Å². The summed E-state index contributed by atoms with van der Waals surface area (Å²) in [4.78, 5) is 27.8. The fraction of sp³-hybridized carbons (Fsp3) is 0.333. The third-order valence-electron chi connectivity index (χ3n) is 3.11. The van der Waals surface area contributed by atoms with Crippen LogP contribution in [-0.4, -0.2) is 55.0 Å². The van der Waals surface area contributed by atoms with Gasteiger partial charge < -0.3 is 18.9 Å². The highest BCUT2D eigenvalue weighted by Gasteiger charge is 2.19. The van der Waals surface area contributed by atoms with E-state index in [1.807, 2.05) is 0 Å². The smallest absolute Gasteiger partial charge is 0.375 e. The standard InChI is InChI=1S/C15H18N4O6/c1-5-25-14(21)12-16-15(19-18-12)17-13(20)8-6-9(22-2)11(24-4)10(7-8)23-3/h6-7H,5H2,1-4H3,(H2,16,17,18,19,20). The Kier molecular flexibility index (Phi) is 5.77. The van der Waals surface area contributed by atoms with E-state index in [2.05, 4.69) is 20.5 Å². The third kappa shape index (κ3) is 3.97. The number of rotatable bonds is 7. The summed E-state index contributed by atoms with van der Waals surface area (Å²) in [5.74, 6) is -0.340. The van der Waals surface area contributed by atoms with Crippen molar-refractivity contribution in [3.63, 3.8) is 0 Å². The number of aromatic amines is 1. The molecule has 1 aromatic carbocycles. The molecule has 0 aliphatic carbocycles. The first-order valence-electron chi connectivity index (χ1n) is 7.24. The number of carbonyl (C=O) groups is 2. The van der Waals surface area contributed by atoms with Gasteiger partial charge in [-0.15, -0.1) is 5.10 Å². The van der Waals surface area contributed by atoms with Crippen LogP contribution in [0.25, 0.3) is 0 Å². The zero-order valence-corrected chi connectivity index (χ0v) is 14.2. The van der Waals surface area contributed by atoms with Gasteiger partial charge in [0.2, 0.25) is 17.5 Å². The van der Waals surface area contributed by atoms with E-state index in [1.165, 1.54) is 33.5 Å². The summed E-state index contributed by atoms with van der Waals surface area (Å²) in [6.45, 7) is 1.87. The fourth-order valence-electron chi connectivity index (χ4n) is 1.99. The second-order valence-corrected chi connectivity index (χ2v) is 4.60. The molecule has 0 aliphatic heterocycles. The third-order valence-corrected chi connectivity index (χ3v) is 3.11. The van der Waals surface area contributed by atoms with Crippen molar-refractivity contribution in [1.29, 1.82) is 0 Å². The van der Waals surface area contributed by atoms with Gasteiger partial charge in [-0.25, -0.2) is 4.79 Å². The summed E-state index contributed by atoms with van der Waals surface area (Å²) in [6, 6.07) is 2.96. The first-order chi connectivity index (χ1) is 12.0. The number of ether oxygens (including phenoxy) is 4. The SMILES string of the molecule is CCOC(=O)c1nc(NC(=O)c2cc(OC)c(OC)c(OC)c2)n[nH]1. The lowest BCUT2D eigenvalue weighted by Crippen LogP contribution is -2.14. The van der Waals surface area contributed by atoms with E-state index >= 15 is 0 Å². The molecule has 10 nitrogen and oxygen atoms in total. The van der Waals surface area contributed by atoms with Crippen molar-refractivity contribution in [2.75, 3.05) is 33.3 Å². The second kappa shape index (κ2) is 7.99. The van der Waals surface area contributed by atoms with Crippen LogP contribution in [0.2, 0.25) is 0 Å². The van der Waals surface area contributed by atoms with Gasteiger partial charge in [0.25, 0.3) is 5.91 Å². The van der Waals surface area contributed by atoms with Crippen LogP contribution >= 0.6 is 0 Å². The molecular weight excluding hydrogens is 332 g/mol. The molecule has 2 aromatic rings. The number of anilines is 1. The number of H-pyrrole nitrogens is 1. The Bertz CT molecular complexity index is 748. The molecule has 0 unspecified atom stereocenters. The molecule has 2 rings (SSSR count). The van der Waals surface area contributed by atoms with Crippen molar-refractivity contribution in [3.8, 4) is 17.2 Å². The van der Waals surface area contributed by atoms with Gasteiger partial charge in [0, 0.05) is 5.56 Å². The van der Waals surface area contributed by atoms with Gasteiger partial charge in [-0.3, -0.25) is 15.2 Å². The molecule has 0 fully saturated rings. The number of benzene rings is 1. The van der Waals surface area contributed by atoms with Crippen LogP contribution < -0.4 is 19.5 Å². The molecule has 0 aliphatic rings. The molecule has 0 spiro atoms. The Morgan fingerprint density at radius 3 is 2.28 bits per heavy atom. The lowest BCUT2D eigenvalue weighted by molar-refractivity contribution is 0.0512. The Morgan fingerprint density at radius 1 is 1.12 bits per heavy atom. The van der Waals surface area contributed by atoms with Crippen LogP contribution in [0.5, 0.6) is 17.2 Å². The van der Waals surface area contributed by atoms with E-state index in [9.17, 15) is 9.59 Å². The van der Waals surface area contributed by atoms with Crippen LogP contribution in [0, 0.1) is 0 Å². The largest absolute Gasteiger partial charge is 0.493 e. The molecule has 0 radical (unpaired) electrons. The number of hydrogen-bond donors (Lipinski definition) is 2. The number of carbonyl (C=O) groups excluding carboxylic acids is 2. The van der Waals surface area contributed by atoms with Crippen LogP contribution in [0.1, 0.15) is 27.9 Å². The topological polar surface area (TPSA) is 125 Å². The average molecular weight is 350 g/mol. The normalized spacial score (nSPS) is 10.1. The molecular formula is C15H18N4O6. The second-order valence-electron chi connectivity index (χ2n) is 4.60. The molecule has 1 heterocycles. The van der Waals surface area contributed by atoms with E-state index in [-0.39, 0.29) is 23.9 Å². The zero-order valence-electron chi connectivity index (χ0n) is 14.2. The highest BCUT2D eigenvalue weighted by molar-refractivity contribution is 6.04. The first-order valence-corrected chi connectivity index (χ1v) is 7.24. The number of nitrogens with zero attached hydrogens (tertiary/aromatic N) is 2. The van der Waals surface area contributed by atoms with Gasteiger partial charge in [-0.05, 0) is 19.1 Å². The fourth-order valence-corrected chi connectivity index (χ4v) is 1.99. The Labute approximate surface area is 143 Å². The van der Waals surface area contributed by atoms with Gasteiger partial charge in [-0.1, -0.05) is 0 Å². The van der Waals surface area contributed by atoms with Crippen molar-refractivity contribution in [1.82, 2.24) is 15.2 Å². The maximum absolute atomic E-state index is 12.4. The van der Waals surface area contributed by atoms with Crippen LogP contribution in [-0.2, 0) is 4.74 Å². The summed E-state index contributed by atoms with van der Waals surface area (Å²) in [6.07, 6.45) is 0. The number of nitrogens with one attached hydrogen (secondary N) is 2. The van der Waals surface area contributed by atoms with Gasteiger partial charge in [0.05, 0.1) is 27.9 Å². The van der Waals surface area contributed by atoms with E-state index in [1.54, 1.807) is 6.92 Å². The van der Waals surface area contributed by atoms with Crippen molar-refractivity contribution >= 4 is 17.8 Å². The molecule has 134 valence electrons. The maximum Gasteiger partial charge on any atom is 0.375 e. The Balaban J connectivity index is 2.22. The predicted molar refractivity (Wildman–Crippen MR) is 86.4 cm³/mol. The number of amides is 1. The molecule has 1 amide bonds. The maximum atomic E-state index is 12.4. The monoisotopic (exact) mass is 350 g/mol. The lowest BCUT2D eigenvalue weighted by atomic mass is 10.1. The molecule has 0 atom stereocenters. The zero-order chi connectivity index (χ0) is 18.4. The molecule has 2 N–H and O–H groups in total. The Hall–Kier alpha value is -3.30. The molecule has 0 saturated carbocycles.